The van der Waals surface area contributed by atoms with Crippen LogP contribution in [-0.4, -0.2) is 38.6 Å². The fraction of sp³-hybridized carbons (Fsp3) is 0.188. The number of aromatic nitrogens is 4. The van der Waals surface area contributed by atoms with E-state index in [0.29, 0.717) is 30.0 Å². The number of amides is 2. The number of rotatable bonds is 7. The third kappa shape index (κ3) is 4.70. The molecule has 0 saturated carbocycles. The monoisotopic (exact) mass is 356 g/mol. The third-order valence-corrected chi connectivity index (χ3v) is 4.22. The Hall–Kier alpha value is -3.07. The summed E-state index contributed by atoms with van der Waals surface area (Å²) in [5, 5.41) is 18.5. The zero-order valence-electron chi connectivity index (χ0n) is 13.3. The van der Waals surface area contributed by atoms with E-state index in [2.05, 4.69) is 26.2 Å². The summed E-state index contributed by atoms with van der Waals surface area (Å²) in [6.45, 7) is 0.453. The molecule has 0 atom stereocenters. The normalized spacial score (nSPS) is 10.4. The lowest BCUT2D eigenvalue weighted by molar-refractivity contribution is -0.116. The molecule has 2 heterocycles. The highest BCUT2D eigenvalue weighted by molar-refractivity contribution is 7.12. The van der Waals surface area contributed by atoms with Gasteiger partial charge in [0.2, 0.25) is 5.91 Å². The molecule has 2 amide bonds. The van der Waals surface area contributed by atoms with E-state index >= 15 is 0 Å². The van der Waals surface area contributed by atoms with E-state index in [9.17, 15) is 9.59 Å². The van der Waals surface area contributed by atoms with E-state index in [1.807, 2.05) is 23.6 Å². The van der Waals surface area contributed by atoms with Gasteiger partial charge in [-0.2, -0.15) is 0 Å². The van der Waals surface area contributed by atoms with E-state index in [4.69, 9.17) is 0 Å². The van der Waals surface area contributed by atoms with Crippen LogP contribution in [0, 0.1) is 0 Å². The molecule has 2 N–H and O–H groups in total. The van der Waals surface area contributed by atoms with Gasteiger partial charge in [-0.15, -0.1) is 16.4 Å². The van der Waals surface area contributed by atoms with E-state index in [0.717, 1.165) is 5.69 Å². The summed E-state index contributed by atoms with van der Waals surface area (Å²) in [7, 11) is 0. The van der Waals surface area contributed by atoms with Crippen molar-refractivity contribution in [3.63, 3.8) is 0 Å². The van der Waals surface area contributed by atoms with Crippen molar-refractivity contribution in [3.8, 4) is 5.69 Å². The van der Waals surface area contributed by atoms with Crippen LogP contribution in [0.25, 0.3) is 5.69 Å². The number of hydrogen-bond acceptors (Lipinski definition) is 6. The lowest BCUT2D eigenvalue weighted by Crippen LogP contribution is -2.24. The fourth-order valence-corrected chi connectivity index (χ4v) is 2.82. The zero-order valence-corrected chi connectivity index (χ0v) is 14.1. The maximum atomic E-state index is 12.0. The maximum absolute atomic E-state index is 12.0. The number of carbonyl (C=O) groups excluding carboxylic acids is 2. The fourth-order valence-electron chi connectivity index (χ4n) is 2.17. The molecule has 0 saturated heterocycles. The SMILES string of the molecule is O=C(CCCNC(=O)c1cccs1)Nc1cccc(-n2cnnn2)c1. The van der Waals surface area contributed by atoms with Crippen LogP contribution in [0.4, 0.5) is 5.69 Å². The van der Waals surface area contributed by atoms with Gasteiger partial charge in [-0.1, -0.05) is 12.1 Å². The first-order valence-electron chi connectivity index (χ1n) is 7.67. The van der Waals surface area contributed by atoms with Crippen LogP contribution >= 0.6 is 11.3 Å². The number of nitrogens with zero attached hydrogens (tertiary/aromatic N) is 4. The molecule has 3 aromatic rings. The van der Waals surface area contributed by atoms with Crippen LogP contribution in [0.2, 0.25) is 0 Å². The largest absolute Gasteiger partial charge is 0.351 e. The number of anilines is 1. The lowest BCUT2D eigenvalue weighted by atomic mass is 10.2. The van der Waals surface area contributed by atoms with E-state index in [-0.39, 0.29) is 11.8 Å². The van der Waals surface area contributed by atoms with Gasteiger partial charge >= 0.3 is 0 Å². The molecular formula is C16H16N6O2S. The summed E-state index contributed by atoms with van der Waals surface area (Å²) in [6.07, 6.45) is 2.37. The molecule has 128 valence electrons. The first-order valence-corrected chi connectivity index (χ1v) is 8.55. The standard InChI is InChI=1S/C16H16N6O2S/c23-15(7-2-8-17-16(24)14-6-3-9-25-14)19-12-4-1-5-13(10-12)22-11-18-20-21-22/h1,3-6,9-11H,2,7-8H2,(H,17,24)(H,19,23). The van der Waals surface area contributed by atoms with E-state index < -0.39 is 0 Å². The summed E-state index contributed by atoms with van der Waals surface area (Å²) in [4.78, 5) is 24.5. The molecule has 0 unspecified atom stereocenters. The lowest BCUT2D eigenvalue weighted by Gasteiger charge is -2.07. The summed E-state index contributed by atoms with van der Waals surface area (Å²) >= 11 is 1.39. The van der Waals surface area contributed by atoms with Gasteiger partial charge in [0.1, 0.15) is 6.33 Å². The van der Waals surface area contributed by atoms with Crippen molar-refractivity contribution in [2.75, 3.05) is 11.9 Å². The Balaban J connectivity index is 1.43. The van der Waals surface area contributed by atoms with Crippen molar-refractivity contribution in [2.24, 2.45) is 0 Å². The molecule has 0 aliphatic rings. The first kappa shape index (κ1) is 16.8. The van der Waals surface area contributed by atoms with Crippen molar-refractivity contribution in [2.45, 2.75) is 12.8 Å². The summed E-state index contributed by atoms with van der Waals surface area (Å²) < 4.78 is 1.51. The molecule has 0 aliphatic heterocycles. The van der Waals surface area contributed by atoms with Gasteiger partial charge in [-0.3, -0.25) is 9.59 Å². The van der Waals surface area contributed by atoms with Crippen molar-refractivity contribution >= 4 is 28.8 Å². The molecule has 9 heteroatoms. The van der Waals surface area contributed by atoms with Gasteiger partial charge < -0.3 is 10.6 Å². The van der Waals surface area contributed by atoms with Crippen LogP contribution < -0.4 is 10.6 Å². The van der Waals surface area contributed by atoms with Gasteiger partial charge in [-0.05, 0) is 46.5 Å². The van der Waals surface area contributed by atoms with Crippen LogP contribution in [0.5, 0.6) is 0 Å². The Morgan fingerprint density at radius 3 is 2.88 bits per heavy atom. The molecular weight excluding hydrogens is 340 g/mol. The third-order valence-electron chi connectivity index (χ3n) is 3.35. The topological polar surface area (TPSA) is 102 Å². The van der Waals surface area contributed by atoms with Crippen molar-refractivity contribution in [1.29, 1.82) is 0 Å². The van der Waals surface area contributed by atoms with Crippen LogP contribution in [-0.2, 0) is 4.79 Å². The second-order valence-corrected chi connectivity index (χ2v) is 6.14. The molecule has 25 heavy (non-hydrogen) atoms. The minimum atomic E-state index is -0.112. The number of carbonyl (C=O) groups is 2. The quantitative estimate of drug-likeness (QED) is 0.629. The smallest absolute Gasteiger partial charge is 0.261 e. The minimum absolute atomic E-state index is 0.107. The number of benzene rings is 1. The van der Waals surface area contributed by atoms with Crippen molar-refractivity contribution in [3.05, 3.63) is 53.0 Å². The summed E-state index contributed by atoms with van der Waals surface area (Å²) in [6, 6.07) is 10.8. The summed E-state index contributed by atoms with van der Waals surface area (Å²) in [5.41, 5.74) is 1.42. The Bertz CT molecular complexity index is 832. The molecule has 0 fully saturated rings. The molecule has 1 aromatic carbocycles. The Morgan fingerprint density at radius 2 is 2.12 bits per heavy atom. The van der Waals surface area contributed by atoms with Gasteiger partial charge in [0, 0.05) is 18.7 Å². The Morgan fingerprint density at radius 1 is 1.20 bits per heavy atom. The molecule has 0 aliphatic carbocycles. The van der Waals surface area contributed by atoms with Crippen molar-refractivity contribution in [1.82, 2.24) is 25.5 Å². The first-order chi connectivity index (χ1) is 12.2. The molecule has 3 rings (SSSR count). The van der Waals surface area contributed by atoms with Gasteiger partial charge in [0.15, 0.2) is 0 Å². The van der Waals surface area contributed by atoms with Crippen molar-refractivity contribution < 1.29 is 9.59 Å². The highest BCUT2D eigenvalue weighted by Gasteiger charge is 2.07. The molecule has 0 radical (unpaired) electrons. The highest BCUT2D eigenvalue weighted by Crippen LogP contribution is 2.13. The predicted octanol–water partition coefficient (Wildman–Crippen LogP) is 1.87. The van der Waals surface area contributed by atoms with Gasteiger partial charge in [-0.25, -0.2) is 4.68 Å². The number of tetrazole rings is 1. The second kappa shape index (κ2) is 8.15. The molecule has 0 bridgehead atoms. The minimum Gasteiger partial charge on any atom is -0.351 e. The zero-order chi connectivity index (χ0) is 17.5. The number of nitrogens with one attached hydrogen (secondary N) is 2. The number of hydrogen-bond donors (Lipinski definition) is 2. The van der Waals surface area contributed by atoms with Gasteiger partial charge in [0.05, 0.1) is 10.6 Å². The predicted molar refractivity (Wildman–Crippen MR) is 93.7 cm³/mol. The average Bonchev–Trinajstić information content (AvgIpc) is 3.32. The van der Waals surface area contributed by atoms with E-state index in [1.165, 1.54) is 22.3 Å². The average molecular weight is 356 g/mol. The van der Waals surface area contributed by atoms with E-state index in [1.54, 1.807) is 18.2 Å². The Kier molecular flexibility index (Phi) is 5.47. The van der Waals surface area contributed by atoms with Crippen LogP contribution in [0.15, 0.2) is 48.1 Å². The molecule has 2 aromatic heterocycles. The van der Waals surface area contributed by atoms with Crippen LogP contribution in [0.1, 0.15) is 22.5 Å². The molecule has 8 nitrogen and oxygen atoms in total. The summed E-state index contributed by atoms with van der Waals surface area (Å²) in [5.74, 6) is -0.219. The second-order valence-electron chi connectivity index (χ2n) is 5.19. The van der Waals surface area contributed by atoms with Crippen LogP contribution in [0.3, 0.4) is 0 Å². The Labute approximate surface area is 147 Å². The highest BCUT2D eigenvalue weighted by atomic mass is 32.1. The van der Waals surface area contributed by atoms with Gasteiger partial charge in [0.25, 0.3) is 5.91 Å². The molecule has 0 spiro atoms. The maximum Gasteiger partial charge on any atom is 0.261 e. The number of thiophene rings is 1.